The van der Waals surface area contributed by atoms with Gasteiger partial charge in [0.15, 0.2) is 0 Å². The summed E-state index contributed by atoms with van der Waals surface area (Å²) in [4.78, 5) is 25.2. The summed E-state index contributed by atoms with van der Waals surface area (Å²) in [5, 5.41) is 9.29. The number of hydrogen-bond donors (Lipinski definition) is 1. The smallest absolute Gasteiger partial charge is 0.316 e. The summed E-state index contributed by atoms with van der Waals surface area (Å²) in [6.07, 6.45) is 0. The first-order valence-electron chi connectivity index (χ1n) is 6.35. The fourth-order valence-corrected chi connectivity index (χ4v) is 2.44. The highest BCUT2D eigenvalue weighted by molar-refractivity contribution is 9.10. The standard InChI is InChI=1S/C15H20BrNO3/c1-15(2,3)12(14(19)20)13(18)17(4)9-10-7-5-6-8-11(10)16/h5-8,12H,9H2,1-4H3,(H,19,20). The van der Waals surface area contributed by atoms with Crippen molar-refractivity contribution in [1.82, 2.24) is 4.90 Å². The largest absolute Gasteiger partial charge is 0.481 e. The van der Waals surface area contributed by atoms with Crippen molar-refractivity contribution in [3.05, 3.63) is 34.3 Å². The molecule has 0 aliphatic rings. The zero-order chi connectivity index (χ0) is 15.5. The zero-order valence-corrected chi connectivity index (χ0v) is 13.8. The molecule has 1 atom stereocenters. The number of carbonyl (C=O) groups excluding carboxylic acids is 1. The first-order chi connectivity index (χ1) is 9.14. The molecule has 0 fully saturated rings. The highest BCUT2D eigenvalue weighted by Gasteiger charge is 2.39. The van der Waals surface area contributed by atoms with Crippen LogP contribution in [0.5, 0.6) is 0 Å². The van der Waals surface area contributed by atoms with Crippen molar-refractivity contribution in [1.29, 1.82) is 0 Å². The highest BCUT2D eigenvalue weighted by atomic mass is 79.9. The molecule has 1 rings (SSSR count). The van der Waals surface area contributed by atoms with Crippen LogP contribution in [0.4, 0.5) is 0 Å². The van der Waals surface area contributed by atoms with E-state index >= 15 is 0 Å². The molecule has 0 bridgehead atoms. The topological polar surface area (TPSA) is 57.6 Å². The second kappa shape index (κ2) is 6.39. The Balaban J connectivity index is 2.91. The van der Waals surface area contributed by atoms with Crippen LogP contribution in [-0.2, 0) is 16.1 Å². The Morgan fingerprint density at radius 2 is 1.85 bits per heavy atom. The third kappa shape index (κ3) is 4.07. The molecule has 4 nitrogen and oxygen atoms in total. The molecule has 1 aromatic carbocycles. The molecule has 20 heavy (non-hydrogen) atoms. The van der Waals surface area contributed by atoms with E-state index in [0.717, 1.165) is 10.0 Å². The van der Waals surface area contributed by atoms with Crippen molar-refractivity contribution >= 4 is 27.8 Å². The number of rotatable bonds is 4. The van der Waals surface area contributed by atoms with Crippen LogP contribution in [0.2, 0.25) is 0 Å². The fraction of sp³-hybridized carbons (Fsp3) is 0.467. The summed E-state index contributed by atoms with van der Waals surface area (Å²) in [5.41, 5.74) is 0.326. The molecule has 0 aliphatic heterocycles. The van der Waals surface area contributed by atoms with Gasteiger partial charge in [-0.1, -0.05) is 54.9 Å². The van der Waals surface area contributed by atoms with Gasteiger partial charge in [-0.15, -0.1) is 0 Å². The van der Waals surface area contributed by atoms with Crippen LogP contribution in [0.1, 0.15) is 26.3 Å². The maximum Gasteiger partial charge on any atom is 0.316 e. The minimum atomic E-state index is -1.08. The minimum absolute atomic E-state index is 0.374. The molecular formula is C15H20BrNO3. The van der Waals surface area contributed by atoms with Crippen molar-refractivity contribution in [3.63, 3.8) is 0 Å². The number of amides is 1. The number of hydrogen-bond acceptors (Lipinski definition) is 2. The molecule has 1 aromatic rings. The summed E-state index contributed by atoms with van der Waals surface area (Å²) >= 11 is 3.43. The van der Waals surface area contributed by atoms with Gasteiger partial charge in [-0.2, -0.15) is 0 Å². The Morgan fingerprint density at radius 3 is 2.30 bits per heavy atom. The molecular weight excluding hydrogens is 322 g/mol. The van der Waals surface area contributed by atoms with Crippen molar-refractivity contribution < 1.29 is 14.7 Å². The van der Waals surface area contributed by atoms with Gasteiger partial charge in [-0.05, 0) is 17.0 Å². The number of halogens is 1. The van der Waals surface area contributed by atoms with Crippen LogP contribution >= 0.6 is 15.9 Å². The van der Waals surface area contributed by atoms with E-state index in [4.69, 9.17) is 0 Å². The summed E-state index contributed by atoms with van der Waals surface area (Å²) in [6, 6.07) is 7.58. The van der Waals surface area contributed by atoms with E-state index in [1.54, 1.807) is 27.8 Å². The predicted octanol–water partition coefficient (Wildman–Crippen LogP) is 3.15. The zero-order valence-electron chi connectivity index (χ0n) is 12.2. The molecule has 1 amide bonds. The van der Waals surface area contributed by atoms with Crippen molar-refractivity contribution in [2.45, 2.75) is 27.3 Å². The van der Waals surface area contributed by atoms with Crippen LogP contribution in [0, 0.1) is 11.3 Å². The number of carbonyl (C=O) groups is 2. The van der Waals surface area contributed by atoms with E-state index in [-0.39, 0.29) is 5.91 Å². The molecule has 0 radical (unpaired) electrons. The molecule has 0 saturated carbocycles. The lowest BCUT2D eigenvalue weighted by molar-refractivity contribution is -0.155. The third-order valence-electron chi connectivity index (χ3n) is 3.10. The Labute approximate surface area is 127 Å². The van der Waals surface area contributed by atoms with Gasteiger partial charge in [0.1, 0.15) is 5.92 Å². The quantitative estimate of drug-likeness (QED) is 0.855. The number of carboxylic acid groups (broad SMARTS) is 1. The maximum atomic E-state index is 12.4. The van der Waals surface area contributed by atoms with Gasteiger partial charge in [-0.25, -0.2) is 0 Å². The lowest BCUT2D eigenvalue weighted by Crippen LogP contribution is -2.43. The van der Waals surface area contributed by atoms with E-state index in [1.165, 1.54) is 4.90 Å². The average Bonchev–Trinajstić information content (AvgIpc) is 2.29. The van der Waals surface area contributed by atoms with Gasteiger partial charge >= 0.3 is 5.97 Å². The number of aliphatic carboxylic acids is 1. The highest BCUT2D eigenvalue weighted by Crippen LogP contribution is 2.28. The van der Waals surface area contributed by atoms with Gasteiger partial charge in [0.2, 0.25) is 5.91 Å². The van der Waals surface area contributed by atoms with Crippen LogP contribution < -0.4 is 0 Å². The van der Waals surface area contributed by atoms with Crippen LogP contribution in [-0.4, -0.2) is 28.9 Å². The Morgan fingerprint density at radius 1 is 1.30 bits per heavy atom. The lowest BCUT2D eigenvalue weighted by atomic mass is 9.80. The van der Waals surface area contributed by atoms with Crippen LogP contribution in [0.3, 0.4) is 0 Å². The van der Waals surface area contributed by atoms with Crippen molar-refractivity contribution in [2.75, 3.05) is 7.05 Å². The van der Waals surface area contributed by atoms with E-state index in [9.17, 15) is 14.7 Å². The monoisotopic (exact) mass is 341 g/mol. The molecule has 1 unspecified atom stereocenters. The third-order valence-corrected chi connectivity index (χ3v) is 3.88. The summed E-state index contributed by atoms with van der Waals surface area (Å²) < 4.78 is 0.905. The first kappa shape index (κ1) is 16.7. The second-order valence-electron chi connectivity index (χ2n) is 5.92. The summed E-state index contributed by atoms with van der Waals surface area (Å²) in [7, 11) is 1.63. The number of benzene rings is 1. The average molecular weight is 342 g/mol. The van der Waals surface area contributed by atoms with E-state index in [0.29, 0.717) is 6.54 Å². The molecule has 5 heteroatoms. The number of nitrogens with zero attached hydrogens (tertiary/aromatic N) is 1. The van der Waals surface area contributed by atoms with Gasteiger partial charge in [0.05, 0.1) is 0 Å². The van der Waals surface area contributed by atoms with Crippen molar-refractivity contribution in [3.8, 4) is 0 Å². The van der Waals surface area contributed by atoms with E-state index < -0.39 is 17.3 Å². The Bertz CT molecular complexity index is 508. The van der Waals surface area contributed by atoms with Gasteiger partial charge in [0.25, 0.3) is 0 Å². The summed E-state index contributed by atoms with van der Waals surface area (Å²) in [6.45, 7) is 5.65. The lowest BCUT2D eigenvalue weighted by Gasteiger charge is -2.30. The molecule has 110 valence electrons. The van der Waals surface area contributed by atoms with Gasteiger partial charge in [0, 0.05) is 18.1 Å². The Kier molecular flexibility index (Phi) is 5.34. The van der Waals surface area contributed by atoms with E-state index in [2.05, 4.69) is 15.9 Å². The van der Waals surface area contributed by atoms with Crippen molar-refractivity contribution in [2.24, 2.45) is 11.3 Å². The molecule has 0 heterocycles. The van der Waals surface area contributed by atoms with Gasteiger partial charge < -0.3 is 10.0 Å². The minimum Gasteiger partial charge on any atom is -0.481 e. The normalized spacial score (nSPS) is 12.8. The maximum absolute atomic E-state index is 12.4. The fourth-order valence-electron chi connectivity index (χ4n) is 2.03. The van der Waals surface area contributed by atoms with Crippen LogP contribution in [0.25, 0.3) is 0 Å². The SMILES string of the molecule is CN(Cc1ccccc1Br)C(=O)C(C(=O)O)C(C)(C)C. The first-order valence-corrected chi connectivity index (χ1v) is 7.15. The summed E-state index contributed by atoms with van der Waals surface area (Å²) in [5.74, 6) is -2.50. The molecule has 0 aromatic heterocycles. The second-order valence-corrected chi connectivity index (χ2v) is 6.78. The molecule has 1 N–H and O–H groups in total. The number of carboxylic acids is 1. The van der Waals surface area contributed by atoms with Gasteiger partial charge in [-0.3, -0.25) is 9.59 Å². The molecule has 0 saturated heterocycles. The molecule has 0 aliphatic carbocycles. The van der Waals surface area contributed by atoms with Crippen LogP contribution in [0.15, 0.2) is 28.7 Å². The van der Waals surface area contributed by atoms with E-state index in [1.807, 2.05) is 24.3 Å². The molecule has 0 spiro atoms. The predicted molar refractivity (Wildman–Crippen MR) is 81.2 cm³/mol. The Hall–Kier alpha value is -1.36.